The molecule has 4 heteroatoms. The minimum absolute atomic E-state index is 0.180. The molecule has 1 atom stereocenters. The van der Waals surface area contributed by atoms with Crippen molar-refractivity contribution in [1.29, 1.82) is 0 Å². The van der Waals surface area contributed by atoms with Crippen molar-refractivity contribution < 1.29 is 13.9 Å². The average Bonchev–Trinajstić information content (AvgIpc) is 2.35. The van der Waals surface area contributed by atoms with Gasteiger partial charge in [-0.2, -0.15) is 0 Å². The van der Waals surface area contributed by atoms with E-state index in [1.165, 1.54) is 12.1 Å². The Balaban J connectivity index is 3.01. The van der Waals surface area contributed by atoms with Crippen LogP contribution >= 0.6 is 0 Å². The molecule has 0 saturated carbocycles. The predicted octanol–water partition coefficient (Wildman–Crippen LogP) is 2.79. The summed E-state index contributed by atoms with van der Waals surface area (Å²) >= 11 is 0. The van der Waals surface area contributed by atoms with Gasteiger partial charge in [0.2, 0.25) is 0 Å². The maximum absolute atomic E-state index is 13.4. The van der Waals surface area contributed by atoms with Gasteiger partial charge in [-0.3, -0.25) is 0 Å². The third kappa shape index (κ3) is 3.77. The lowest BCUT2D eigenvalue weighted by Gasteiger charge is -2.27. The Kier molecular flexibility index (Phi) is 6.25. The smallest absolute Gasteiger partial charge is 0.176 e. The first-order valence-electron chi connectivity index (χ1n) is 6.30. The Labute approximate surface area is 108 Å². The Morgan fingerprint density at radius 1 is 1.22 bits per heavy atom. The topological polar surface area (TPSA) is 30.5 Å². The number of hydrogen-bond acceptors (Lipinski definition) is 3. The summed E-state index contributed by atoms with van der Waals surface area (Å²) in [4.78, 5) is 0. The first-order valence-corrected chi connectivity index (χ1v) is 6.30. The molecule has 0 radical (unpaired) electrons. The van der Waals surface area contributed by atoms with E-state index >= 15 is 0 Å². The molecule has 1 unspecified atom stereocenters. The highest BCUT2D eigenvalue weighted by atomic mass is 19.1. The normalized spacial score (nSPS) is 13.0. The minimum Gasteiger partial charge on any atom is -0.351 e. The summed E-state index contributed by atoms with van der Waals surface area (Å²) in [5.74, 6) is -0.248. The van der Waals surface area contributed by atoms with E-state index in [1.807, 2.05) is 27.8 Å². The molecule has 0 fully saturated rings. The van der Waals surface area contributed by atoms with E-state index in [0.29, 0.717) is 13.2 Å². The molecule has 1 N–H and O–H groups in total. The number of hydrogen-bond donors (Lipinski definition) is 1. The lowest BCUT2D eigenvalue weighted by Crippen LogP contribution is -2.34. The molecular formula is C14H22FNO2. The summed E-state index contributed by atoms with van der Waals surface area (Å²) in [5.41, 5.74) is 1.88. The molecule has 0 amide bonds. The molecule has 0 aliphatic rings. The van der Waals surface area contributed by atoms with Gasteiger partial charge in [0.25, 0.3) is 0 Å². The number of benzene rings is 1. The van der Waals surface area contributed by atoms with Crippen LogP contribution < -0.4 is 5.32 Å². The van der Waals surface area contributed by atoms with Crippen molar-refractivity contribution in [1.82, 2.24) is 5.32 Å². The Hall–Kier alpha value is -0.970. The van der Waals surface area contributed by atoms with Crippen molar-refractivity contribution in [2.45, 2.75) is 33.1 Å². The van der Waals surface area contributed by atoms with Gasteiger partial charge in [-0.15, -0.1) is 0 Å². The summed E-state index contributed by atoms with van der Waals surface area (Å²) in [5, 5.41) is 3.14. The van der Waals surface area contributed by atoms with Crippen LogP contribution in [0.2, 0.25) is 0 Å². The van der Waals surface area contributed by atoms with Crippen LogP contribution in [0.25, 0.3) is 0 Å². The molecule has 3 nitrogen and oxygen atoms in total. The Morgan fingerprint density at radius 3 is 2.33 bits per heavy atom. The molecule has 1 aromatic carbocycles. The van der Waals surface area contributed by atoms with Gasteiger partial charge in [0, 0.05) is 13.2 Å². The van der Waals surface area contributed by atoms with Gasteiger partial charge in [-0.05, 0) is 51.1 Å². The second-order valence-electron chi connectivity index (χ2n) is 4.05. The van der Waals surface area contributed by atoms with Crippen LogP contribution in [0.4, 0.5) is 4.39 Å². The summed E-state index contributed by atoms with van der Waals surface area (Å²) in [6.45, 7) is 6.89. The molecule has 0 aliphatic carbocycles. The van der Waals surface area contributed by atoms with E-state index in [2.05, 4.69) is 5.32 Å². The molecule has 0 aliphatic heterocycles. The van der Waals surface area contributed by atoms with Crippen LogP contribution in [0, 0.1) is 12.7 Å². The van der Waals surface area contributed by atoms with Crippen LogP contribution in [0.1, 0.15) is 31.0 Å². The van der Waals surface area contributed by atoms with E-state index in [1.54, 1.807) is 6.07 Å². The fourth-order valence-corrected chi connectivity index (χ4v) is 1.95. The van der Waals surface area contributed by atoms with E-state index < -0.39 is 6.29 Å². The number of nitrogens with one attached hydrogen (secondary N) is 1. The monoisotopic (exact) mass is 255 g/mol. The standard InChI is InChI=1S/C14H22FNO2/c1-5-17-14(18-6-2)13(16-4)12-9-11(15)8-7-10(12)3/h7-9,13-14,16H,5-6H2,1-4H3. The van der Waals surface area contributed by atoms with Gasteiger partial charge in [0.05, 0.1) is 6.04 Å². The van der Waals surface area contributed by atoms with Crippen LogP contribution in [0.15, 0.2) is 18.2 Å². The van der Waals surface area contributed by atoms with Crippen LogP contribution in [0.5, 0.6) is 0 Å². The lowest BCUT2D eigenvalue weighted by molar-refractivity contribution is -0.154. The van der Waals surface area contributed by atoms with Crippen LogP contribution in [-0.4, -0.2) is 26.6 Å². The van der Waals surface area contributed by atoms with Crippen LogP contribution in [-0.2, 0) is 9.47 Å². The molecule has 18 heavy (non-hydrogen) atoms. The maximum atomic E-state index is 13.4. The molecular weight excluding hydrogens is 233 g/mol. The average molecular weight is 255 g/mol. The van der Waals surface area contributed by atoms with E-state index in [0.717, 1.165) is 11.1 Å². The second-order valence-corrected chi connectivity index (χ2v) is 4.05. The fourth-order valence-electron chi connectivity index (χ4n) is 1.95. The molecule has 0 bridgehead atoms. The molecule has 0 heterocycles. The third-order valence-corrected chi connectivity index (χ3v) is 2.82. The van der Waals surface area contributed by atoms with Gasteiger partial charge in [-0.1, -0.05) is 6.07 Å². The van der Waals surface area contributed by atoms with Crippen LogP contribution in [0.3, 0.4) is 0 Å². The fraction of sp³-hybridized carbons (Fsp3) is 0.571. The largest absolute Gasteiger partial charge is 0.351 e. The van der Waals surface area contributed by atoms with E-state index in [4.69, 9.17) is 9.47 Å². The second kappa shape index (κ2) is 7.46. The molecule has 102 valence electrons. The summed E-state index contributed by atoms with van der Waals surface area (Å²) < 4.78 is 24.5. The highest BCUT2D eigenvalue weighted by Gasteiger charge is 2.24. The molecule has 0 spiro atoms. The summed E-state index contributed by atoms with van der Waals surface area (Å²) in [6.07, 6.45) is -0.412. The SMILES string of the molecule is CCOC(OCC)C(NC)c1cc(F)ccc1C. The van der Waals surface area contributed by atoms with Gasteiger partial charge in [0.1, 0.15) is 5.82 Å². The van der Waals surface area contributed by atoms with E-state index in [-0.39, 0.29) is 11.9 Å². The van der Waals surface area contributed by atoms with Crippen molar-refractivity contribution >= 4 is 0 Å². The third-order valence-electron chi connectivity index (χ3n) is 2.82. The van der Waals surface area contributed by atoms with Crippen molar-refractivity contribution in [3.8, 4) is 0 Å². The lowest BCUT2D eigenvalue weighted by atomic mass is 10.0. The minimum atomic E-state index is -0.412. The van der Waals surface area contributed by atoms with Gasteiger partial charge in [0.15, 0.2) is 6.29 Å². The zero-order valence-electron chi connectivity index (χ0n) is 11.5. The van der Waals surface area contributed by atoms with Crippen molar-refractivity contribution in [2.24, 2.45) is 0 Å². The Bertz CT molecular complexity index is 365. The maximum Gasteiger partial charge on any atom is 0.176 e. The number of ether oxygens (including phenoxy) is 2. The zero-order valence-corrected chi connectivity index (χ0v) is 11.5. The molecule has 1 aromatic rings. The highest BCUT2D eigenvalue weighted by Crippen LogP contribution is 2.24. The van der Waals surface area contributed by atoms with Gasteiger partial charge < -0.3 is 14.8 Å². The summed E-state index contributed by atoms with van der Waals surface area (Å²) in [6, 6.07) is 4.58. The predicted molar refractivity (Wildman–Crippen MR) is 70.0 cm³/mol. The van der Waals surface area contributed by atoms with Gasteiger partial charge in [-0.25, -0.2) is 4.39 Å². The molecule has 0 aromatic heterocycles. The van der Waals surface area contributed by atoms with Crippen molar-refractivity contribution in [3.63, 3.8) is 0 Å². The van der Waals surface area contributed by atoms with Crippen molar-refractivity contribution in [2.75, 3.05) is 20.3 Å². The zero-order chi connectivity index (χ0) is 13.5. The highest BCUT2D eigenvalue weighted by molar-refractivity contribution is 5.30. The number of aryl methyl sites for hydroxylation is 1. The summed E-state index contributed by atoms with van der Waals surface area (Å²) in [7, 11) is 1.82. The molecule has 1 rings (SSSR count). The Morgan fingerprint density at radius 2 is 1.83 bits per heavy atom. The van der Waals surface area contributed by atoms with E-state index in [9.17, 15) is 4.39 Å². The number of rotatable bonds is 7. The quantitative estimate of drug-likeness (QED) is 0.760. The first kappa shape index (κ1) is 15.1. The number of halogens is 1. The van der Waals surface area contributed by atoms with Gasteiger partial charge >= 0.3 is 0 Å². The van der Waals surface area contributed by atoms with Crippen molar-refractivity contribution in [3.05, 3.63) is 35.1 Å². The first-order chi connectivity index (χ1) is 8.63. The number of likely N-dealkylation sites (N-methyl/N-ethyl adjacent to an activating group) is 1. The molecule has 0 saturated heterocycles.